The topological polar surface area (TPSA) is 84.5 Å². The molecule has 1 aromatic heterocycles. The molecule has 2 atom stereocenters. The number of ether oxygens (including phenoxy) is 1. The Labute approximate surface area is 226 Å². The molecule has 2 unspecified atom stereocenters. The lowest BCUT2D eigenvalue weighted by molar-refractivity contribution is -0.116. The van der Waals surface area contributed by atoms with Crippen molar-refractivity contribution in [2.24, 2.45) is 5.92 Å². The van der Waals surface area contributed by atoms with Gasteiger partial charge in [-0.1, -0.05) is 50.2 Å². The van der Waals surface area contributed by atoms with E-state index < -0.39 is 11.2 Å². The van der Waals surface area contributed by atoms with Gasteiger partial charge in [0, 0.05) is 21.9 Å². The normalized spacial score (nSPS) is 15.4. The highest BCUT2D eigenvalue weighted by atomic mass is 32.2. The molecule has 0 saturated heterocycles. The summed E-state index contributed by atoms with van der Waals surface area (Å²) in [5.74, 6) is -0.124. The van der Waals surface area contributed by atoms with Gasteiger partial charge >= 0.3 is 5.97 Å². The zero-order valence-corrected chi connectivity index (χ0v) is 23.0. The summed E-state index contributed by atoms with van der Waals surface area (Å²) in [5, 5.41) is 5.98. The lowest BCUT2D eigenvalue weighted by atomic mass is 9.88. The molecular weight excluding hydrogens is 504 g/mol. The molecule has 1 aliphatic carbocycles. The standard InChI is InChI=1S/C29H32N2O4S2/c1-4-9-24(32)30-20-12-8-13-21(17-20)36-26(19-10-6-5-7-11-19)27(33)31-28-25(29(34)35-3)22-15-14-18(2)16-23(22)37-28/h5-8,10-13,17-18,26H,4,9,14-16H2,1-3H3,(H,30,32)(H,31,33). The van der Waals surface area contributed by atoms with Crippen LogP contribution >= 0.6 is 23.1 Å². The fraction of sp³-hybridized carbons (Fsp3) is 0.345. The van der Waals surface area contributed by atoms with Crippen LogP contribution in [0.4, 0.5) is 10.7 Å². The summed E-state index contributed by atoms with van der Waals surface area (Å²) in [7, 11) is 1.37. The van der Waals surface area contributed by atoms with E-state index in [9.17, 15) is 14.4 Å². The molecule has 0 bridgehead atoms. The monoisotopic (exact) mass is 536 g/mol. The van der Waals surface area contributed by atoms with Crippen molar-refractivity contribution in [3.05, 3.63) is 76.2 Å². The van der Waals surface area contributed by atoms with Crippen LogP contribution in [-0.4, -0.2) is 24.9 Å². The minimum Gasteiger partial charge on any atom is -0.465 e. The molecule has 0 aliphatic heterocycles. The van der Waals surface area contributed by atoms with Gasteiger partial charge in [-0.2, -0.15) is 0 Å². The molecule has 1 heterocycles. The van der Waals surface area contributed by atoms with E-state index in [1.54, 1.807) is 0 Å². The number of thioether (sulfide) groups is 1. The SMILES string of the molecule is CCCC(=O)Nc1cccc(SC(C(=O)Nc2sc3c(c2C(=O)OC)CCC(C)C3)c2ccccc2)c1. The van der Waals surface area contributed by atoms with Crippen LogP contribution in [0.25, 0.3) is 0 Å². The van der Waals surface area contributed by atoms with Crippen molar-refractivity contribution in [2.45, 2.75) is 56.1 Å². The lowest BCUT2D eigenvalue weighted by Gasteiger charge is -2.18. The Morgan fingerprint density at radius 1 is 1.11 bits per heavy atom. The van der Waals surface area contributed by atoms with Gasteiger partial charge in [0.15, 0.2) is 0 Å². The van der Waals surface area contributed by atoms with Crippen molar-refractivity contribution in [1.29, 1.82) is 0 Å². The molecule has 3 aromatic rings. The van der Waals surface area contributed by atoms with E-state index in [0.29, 0.717) is 28.6 Å². The molecule has 2 amide bonds. The number of rotatable bonds is 9. The van der Waals surface area contributed by atoms with Crippen molar-refractivity contribution in [2.75, 3.05) is 17.7 Å². The highest BCUT2D eigenvalue weighted by molar-refractivity contribution is 8.00. The molecule has 8 heteroatoms. The zero-order chi connectivity index (χ0) is 26.4. The predicted octanol–water partition coefficient (Wildman–Crippen LogP) is 6.87. The number of methoxy groups -OCH3 is 1. The molecule has 0 fully saturated rings. The van der Waals surface area contributed by atoms with Crippen LogP contribution in [0.1, 0.15) is 64.7 Å². The molecular formula is C29H32N2O4S2. The number of hydrogen-bond acceptors (Lipinski definition) is 6. The first-order valence-electron chi connectivity index (χ1n) is 12.5. The van der Waals surface area contributed by atoms with E-state index in [2.05, 4.69) is 17.6 Å². The fourth-order valence-corrected chi connectivity index (χ4v) is 6.95. The Hall–Kier alpha value is -3.10. The summed E-state index contributed by atoms with van der Waals surface area (Å²) in [6.45, 7) is 4.17. The summed E-state index contributed by atoms with van der Waals surface area (Å²) in [5.41, 5.74) is 3.04. The summed E-state index contributed by atoms with van der Waals surface area (Å²) >= 11 is 2.89. The minimum atomic E-state index is -0.564. The molecule has 1 aliphatic rings. The van der Waals surface area contributed by atoms with Crippen molar-refractivity contribution in [1.82, 2.24) is 0 Å². The molecule has 194 valence electrons. The Bertz CT molecular complexity index is 1270. The number of nitrogens with one attached hydrogen (secondary N) is 2. The van der Waals surface area contributed by atoms with Gasteiger partial charge in [-0.15, -0.1) is 23.1 Å². The third-order valence-electron chi connectivity index (χ3n) is 6.33. The van der Waals surface area contributed by atoms with Gasteiger partial charge in [0.05, 0.1) is 12.7 Å². The van der Waals surface area contributed by atoms with Crippen LogP contribution in [0.3, 0.4) is 0 Å². The van der Waals surface area contributed by atoms with E-state index >= 15 is 0 Å². The van der Waals surface area contributed by atoms with Crippen molar-refractivity contribution in [3.63, 3.8) is 0 Å². The smallest absolute Gasteiger partial charge is 0.341 e. The van der Waals surface area contributed by atoms with Crippen LogP contribution in [0.15, 0.2) is 59.5 Å². The molecule has 0 saturated carbocycles. The number of carbonyl (C=O) groups is 3. The van der Waals surface area contributed by atoms with Crippen molar-refractivity contribution < 1.29 is 19.1 Å². The van der Waals surface area contributed by atoms with Crippen LogP contribution in [0, 0.1) is 5.92 Å². The molecule has 0 radical (unpaired) electrons. The van der Waals surface area contributed by atoms with Gasteiger partial charge in [0.25, 0.3) is 0 Å². The Morgan fingerprint density at radius 2 is 1.89 bits per heavy atom. The van der Waals surface area contributed by atoms with Crippen molar-refractivity contribution in [3.8, 4) is 0 Å². The fourth-order valence-electron chi connectivity index (χ4n) is 4.47. The number of amides is 2. The number of fused-ring (bicyclic) bond motifs is 1. The summed E-state index contributed by atoms with van der Waals surface area (Å²) in [4.78, 5) is 40.6. The number of thiophene rings is 1. The van der Waals surface area contributed by atoms with Crippen LogP contribution in [0.2, 0.25) is 0 Å². The first-order chi connectivity index (χ1) is 17.9. The molecule has 0 spiro atoms. The van der Waals surface area contributed by atoms with Gasteiger partial charge in [-0.05, 0) is 60.9 Å². The van der Waals surface area contributed by atoms with Crippen LogP contribution in [0.5, 0.6) is 0 Å². The zero-order valence-electron chi connectivity index (χ0n) is 21.3. The van der Waals surface area contributed by atoms with Crippen LogP contribution in [-0.2, 0) is 27.2 Å². The number of hydrogen-bond donors (Lipinski definition) is 2. The maximum atomic E-state index is 13.8. The second kappa shape index (κ2) is 12.4. The number of carbonyl (C=O) groups excluding carboxylic acids is 3. The first-order valence-corrected chi connectivity index (χ1v) is 14.2. The summed E-state index contributed by atoms with van der Waals surface area (Å²) in [6.07, 6.45) is 3.94. The van der Waals surface area contributed by atoms with E-state index in [0.717, 1.165) is 46.6 Å². The lowest BCUT2D eigenvalue weighted by Crippen LogP contribution is -2.20. The van der Waals surface area contributed by atoms with Gasteiger partial charge < -0.3 is 15.4 Å². The van der Waals surface area contributed by atoms with Crippen molar-refractivity contribution >= 4 is 51.6 Å². The molecule has 37 heavy (non-hydrogen) atoms. The minimum absolute atomic E-state index is 0.0340. The third kappa shape index (κ3) is 6.62. The quantitative estimate of drug-likeness (QED) is 0.230. The predicted molar refractivity (Wildman–Crippen MR) is 150 cm³/mol. The molecule has 6 nitrogen and oxygen atoms in total. The second-order valence-corrected chi connectivity index (χ2v) is 11.6. The average molecular weight is 537 g/mol. The molecule has 2 N–H and O–H groups in total. The van der Waals surface area contributed by atoms with E-state index in [-0.39, 0.29) is 11.8 Å². The highest BCUT2D eigenvalue weighted by Crippen LogP contribution is 2.42. The molecule has 2 aromatic carbocycles. The second-order valence-electron chi connectivity index (χ2n) is 9.27. The maximum absolute atomic E-state index is 13.8. The van der Waals surface area contributed by atoms with Gasteiger partial charge in [0.2, 0.25) is 11.8 Å². The molecule has 4 rings (SSSR count). The van der Waals surface area contributed by atoms with E-state index in [4.69, 9.17) is 4.74 Å². The Balaban J connectivity index is 1.62. The van der Waals surface area contributed by atoms with E-state index in [1.165, 1.54) is 30.2 Å². The van der Waals surface area contributed by atoms with Gasteiger partial charge in [0.1, 0.15) is 10.3 Å². The third-order valence-corrected chi connectivity index (χ3v) is 8.74. The summed E-state index contributed by atoms with van der Waals surface area (Å²) in [6, 6.07) is 17.1. The maximum Gasteiger partial charge on any atom is 0.341 e. The number of benzene rings is 2. The Kier molecular flexibility index (Phi) is 9.05. The number of anilines is 2. The Morgan fingerprint density at radius 3 is 2.62 bits per heavy atom. The highest BCUT2D eigenvalue weighted by Gasteiger charge is 2.31. The largest absolute Gasteiger partial charge is 0.465 e. The van der Waals surface area contributed by atoms with Gasteiger partial charge in [-0.3, -0.25) is 9.59 Å². The number of esters is 1. The van der Waals surface area contributed by atoms with Crippen LogP contribution < -0.4 is 10.6 Å². The van der Waals surface area contributed by atoms with Gasteiger partial charge in [-0.25, -0.2) is 4.79 Å². The summed E-state index contributed by atoms with van der Waals surface area (Å²) < 4.78 is 5.09. The first kappa shape index (κ1) is 26.9. The van der Waals surface area contributed by atoms with E-state index in [1.807, 2.05) is 61.5 Å². The average Bonchev–Trinajstić information content (AvgIpc) is 3.24.